The molecule has 2 aromatic rings. The van der Waals surface area contributed by atoms with Crippen LogP contribution in [0.4, 0.5) is 0 Å². The van der Waals surface area contributed by atoms with Gasteiger partial charge in [0.15, 0.2) is 0 Å². The summed E-state index contributed by atoms with van der Waals surface area (Å²) < 4.78 is 2.36. The van der Waals surface area contributed by atoms with Gasteiger partial charge in [0, 0.05) is 5.70 Å². The minimum atomic E-state index is 0.457. The first kappa shape index (κ1) is 12.7. The van der Waals surface area contributed by atoms with Crippen LogP contribution >= 0.6 is 22.9 Å². The second kappa shape index (κ2) is 5.37. The van der Waals surface area contributed by atoms with Crippen molar-refractivity contribution in [2.45, 2.75) is 19.4 Å². The molecule has 0 saturated carbocycles. The topological polar surface area (TPSA) is 3.24 Å². The van der Waals surface area contributed by atoms with Crippen LogP contribution < -0.4 is 0 Å². The van der Waals surface area contributed by atoms with Gasteiger partial charge in [-0.2, -0.15) is 0 Å². The molecular weight excluding hydrogens is 345 g/mol. The van der Waals surface area contributed by atoms with Crippen molar-refractivity contribution in [1.29, 1.82) is 0 Å². The Kier molecular flexibility index (Phi) is 3.60. The highest BCUT2D eigenvalue weighted by atomic mass is 127. The molecule has 3 rings (SSSR count). The van der Waals surface area contributed by atoms with Crippen molar-refractivity contribution in [2.75, 3.05) is 0 Å². The number of hydrogen-bond donors (Lipinski definition) is 0. The number of rotatable bonds is 2. The molecule has 0 fully saturated rings. The molecule has 0 aliphatic carbocycles. The van der Waals surface area contributed by atoms with E-state index in [2.05, 4.69) is 93.6 Å². The zero-order valence-corrected chi connectivity index (χ0v) is 13.0. The first-order valence-corrected chi connectivity index (χ1v) is 7.49. The van der Waals surface area contributed by atoms with E-state index in [9.17, 15) is 0 Å². The third kappa shape index (κ3) is 2.54. The van der Waals surface area contributed by atoms with Crippen LogP contribution in [-0.2, 0) is 0 Å². The predicted molar refractivity (Wildman–Crippen MR) is 88.8 cm³/mol. The normalized spacial score (nSPS) is 18.5. The largest absolute Gasteiger partial charge is 0.307 e. The lowest BCUT2D eigenvalue weighted by Crippen LogP contribution is -2.11. The first-order chi connectivity index (χ1) is 9.25. The van der Waals surface area contributed by atoms with Crippen LogP contribution in [0.5, 0.6) is 0 Å². The Hall–Kier alpha value is -1.29. The number of nitrogens with zero attached hydrogens (tertiary/aromatic N) is 1. The van der Waals surface area contributed by atoms with Gasteiger partial charge >= 0.3 is 0 Å². The lowest BCUT2D eigenvalue weighted by molar-refractivity contribution is 0.544. The van der Waals surface area contributed by atoms with Crippen molar-refractivity contribution in [1.82, 2.24) is 3.11 Å². The molecule has 0 N–H and O–H groups in total. The second-order valence-corrected chi connectivity index (χ2v) is 5.97. The Morgan fingerprint density at radius 1 is 1.00 bits per heavy atom. The summed E-state index contributed by atoms with van der Waals surface area (Å²) in [5.74, 6) is 0. The Morgan fingerprint density at radius 3 is 2.37 bits per heavy atom. The van der Waals surface area contributed by atoms with Crippen molar-refractivity contribution >= 4 is 28.6 Å². The lowest BCUT2D eigenvalue weighted by atomic mass is 10.1. The van der Waals surface area contributed by atoms with Crippen LogP contribution in [0.2, 0.25) is 0 Å². The summed E-state index contributed by atoms with van der Waals surface area (Å²) in [5, 5.41) is 0. The maximum atomic E-state index is 2.44. The van der Waals surface area contributed by atoms with Gasteiger partial charge in [0.25, 0.3) is 0 Å². The molecule has 0 spiro atoms. The van der Waals surface area contributed by atoms with E-state index in [4.69, 9.17) is 0 Å². The van der Waals surface area contributed by atoms with E-state index < -0.39 is 0 Å². The molecule has 0 amide bonds. The highest BCUT2D eigenvalue weighted by Crippen LogP contribution is 2.41. The van der Waals surface area contributed by atoms with Crippen molar-refractivity contribution in [3.63, 3.8) is 0 Å². The molecule has 1 atom stereocenters. The summed E-state index contributed by atoms with van der Waals surface area (Å²) in [4.78, 5) is 0. The maximum Gasteiger partial charge on any atom is 0.0677 e. The molecule has 0 radical (unpaired) electrons. The summed E-state index contributed by atoms with van der Waals surface area (Å²) in [6.07, 6.45) is 3.42. The van der Waals surface area contributed by atoms with Gasteiger partial charge in [-0.05, 0) is 24.5 Å². The Bertz CT molecular complexity index is 586. The number of benzene rings is 2. The Morgan fingerprint density at radius 2 is 1.68 bits per heavy atom. The van der Waals surface area contributed by atoms with Crippen molar-refractivity contribution in [3.8, 4) is 0 Å². The van der Waals surface area contributed by atoms with Crippen molar-refractivity contribution in [2.24, 2.45) is 0 Å². The van der Waals surface area contributed by atoms with Crippen LogP contribution in [0.15, 0.2) is 60.7 Å². The predicted octanol–water partition coefficient (Wildman–Crippen LogP) is 5.13. The summed E-state index contributed by atoms with van der Waals surface area (Å²) in [6, 6.07) is 20.0. The quantitative estimate of drug-likeness (QED) is 0.529. The second-order valence-electron chi connectivity index (χ2n) is 4.93. The molecule has 0 bridgehead atoms. The average molecular weight is 361 g/mol. The van der Waals surface area contributed by atoms with Crippen LogP contribution in [0.25, 0.3) is 5.70 Å². The van der Waals surface area contributed by atoms with Gasteiger partial charge in [0.2, 0.25) is 0 Å². The SMILES string of the molecule is Cc1ccc(C2=CCC(c3ccccc3)N2I)cc1. The monoisotopic (exact) mass is 361 g/mol. The van der Waals surface area contributed by atoms with Gasteiger partial charge < -0.3 is 3.11 Å². The Balaban J connectivity index is 1.85. The van der Waals surface area contributed by atoms with Gasteiger partial charge in [-0.1, -0.05) is 66.2 Å². The molecule has 96 valence electrons. The summed E-state index contributed by atoms with van der Waals surface area (Å²) in [5.41, 5.74) is 5.32. The smallest absolute Gasteiger partial charge is 0.0677 e. The molecule has 1 aliphatic heterocycles. The molecule has 2 heteroatoms. The fourth-order valence-corrected chi connectivity index (χ4v) is 3.50. The zero-order valence-electron chi connectivity index (χ0n) is 10.9. The van der Waals surface area contributed by atoms with Crippen LogP contribution in [0, 0.1) is 6.92 Å². The number of hydrogen-bond acceptors (Lipinski definition) is 1. The Labute approximate surface area is 128 Å². The highest BCUT2D eigenvalue weighted by molar-refractivity contribution is 14.1. The summed E-state index contributed by atoms with van der Waals surface area (Å²) >= 11 is 2.44. The molecule has 2 aromatic carbocycles. The fourth-order valence-electron chi connectivity index (χ4n) is 2.48. The van der Waals surface area contributed by atoms with E-state index >= 15 is 0 Å². The minimum absolute atomic E-state index is 0.457. The third-order valence-corrected chi connectivity index (χ3v) is 4.76. The van der Waals surface area contributed by atoms with E-state index in [1.807, 2.05) is 0 Å². The molecule has 19 heavy (non-hydrogen) atoms. The first-order valence-electron chi connectivity index (χ1n) is 6.53. The lowest BCUT2D eigenvalue weighted by Gasteiger charge is -2.23. The average Bonchev–Trinajstić information content (AvgIpc) is 2.83. The van der Waals surface area contributed by atoms with Crippen molar-refractivity contribution in [3.05, 3.63) is 77.4 Å². The van der Waals surface area contributed by atoms with Gasteiger partial charge in [0.05, 0.1) is 28.9 Å². The molecule has 0 saturated heterocycles. The van der Waals surface area contributed by atoms with Gasteiger partial charge in [0.1, 0.15) is 0 Å². The molecule has 1 unspecified atom stereocenters. The molecule has 1 nitrogen and oxygen atoms in total. The van der Waals surface area contributed by atoms with E-state index in [0.717, 1.165) is 6.42 Å². The summed E-state index contributed by atoms with van der Waals surface area (Å²) in [6.45, 7) is 2.13. The van der Waals surface area contributed by atoms with Gasteiger partial charge in [-0.3, -0.25) is 0 Å². The van der Waals surface area contributed by atoms with Crippen molar-refractivity contribution < 1.29 is 0 Å². The third-order valence-electron chi connectivity index (χ3n) is 3.57. The van der Waals surface area contributed by atoms with E-state index in [0.29, 0.717) is 6.04 Å². The van der Waals surface area contributed by atoms with E-state index in [-0.39, 0.29) is 0 Å². The fraction of sp³-hybridized carbons (Fsp3) is 0.176. The highest BCUT2D eigenvalue weighted by Gasteiger charge is 2.26. The standard InChI is InChI=1S/C17H16IN/c1-13-7-9-15(10-8-13)17-12-11-16(19(17)18)14-5-3-2-4-6-14/h2-10,12,16H,11H2,1H3. The minimum Gasteiger partial charge on any atom is -0.307 e. The summed E-state index contributed by atoms with van der Waals surface area (Å²) in [7, 11) is 0. The number of halogens is 1. The van der Waals surface area contributed by atoms with Crippen LogP contribution in [-0.4, -0.2) is 3.11 Å². The molecule has 1 aliphatic rings. The maximum absolute atomic E-state index is 2.44. The molecule has 1 heterocycles. The van der Waals surface area contributed by atoms with E-state index in [1.165, 1.54) is 22.4 Å². The van der Waals surface area contributed by atoms with Crippen LogP contribution in [0.1, 0.15) is 29.2 Å². The van der Waals surface area contributed by atoms with Gasteiger partial charge in [-0.25, -0.2) is 0 Å². The zero-order chi connectivity index (χ0) is 13.2. The molecule has 0 aromatic heterocycles. The van der Waals surface area contributed by atoms with E-state index in [1.54, 1.807) is 0 Å². The van der Waals surface area contributed by atoms with Crippen LogP contribution in [0.3, 0.4) is 0 Å². The number of aryl methyl sites for hydroxylation is 1. The van der Waals surface area contributed by atoms with Gasteiger partial charge in [-0.15, -0.1) is 0 Å². The molecular formula is C17H16IN.